The number of anilines is 2. The Morgan fingerprint density at radius 2 is 1.05 bits per heavy atom. The number of nitrogens with one attached hydrogen (secondary N) is 1. The summed E-state index contributed by atoms with van der Waals surface area (Å²) in [6.45, 7) is 2.12. The molecule has 0 atom stereocenters. The second kappa shape index (κ2) is 10.6. The van der Waals surface area contributed by atoms with Gasteiger partial charge in [0.2, 0.25) is 0 Å². The van der Waals surface area contributed by atoms with Gasteiger partial charge >= 0.3 is 0 Å². The molecule has 0 radical (unpaired) electrons. The Morgan fingerprint density at radius 1 is 0.474 bits per heavy atom. The van der Waals surface area contributed by atoms with Gasteiger partial charge in [-0.2, -0.15) is 0 Å². The zero-order chi connectivity index (χ0) is 25.7. The van der Waals surface area contributed by atoms with Gasteiger partial charge in [-0.3, -0.25) is 4.98 Å². The van der Waals surface area contributed by atoms with E-state index in [0.29, 0.717) is 0 Å². The molecule has 6 rings (SSSR count). The van der Waals surface area contributed by atoms with Gasteiger partial charge in [-0.15, -0.1) is 0 Å². The van der Waals surface area contributed by atoms with Crippen molar-refractivity contribution in [1.82, 2.24) is 4.98 Å². The molecule has 0 fully saturated rings. The molecular formula is C36H28N2. The molecule has 182 valence electrons. The van der Waals surface area contributed by atoms with Crippen molar-refractivity contribution in [2.75, 3.05) is 5.32 Å². The van der Waals surface area contributed by atoms with Gasteiger partial charge in [-0.25, -0.2) is 0 Å². The summed E-state index contributed by atoms with van der Waals surface area (Å²) in [6, 6.07) is 48.8. The highest BCUT2D eigenvalue weighted by Gasteiger charge is 2.09. The third-order valence-electron chi connectivity index (χ3n) is 6.86. The second-order valence-corrected chi connectivity index (χ2v) is 9.45. The Morgan fingerprint density at radius 3 is 1.82 bits per heavy atom. The van der Waals surface area contributed by atoms with Crippen LogP contribution in [0.15, 0.2) is 146 Å². The maximum absolute atomic E-state index is 4.79. The molecule has 1 heterocycles. The van der Waals surface area contributed by atoms with Crippen LogP contribution in [0.25, 0.3) is 44.6 Å². The lowest BCUT2D eigenvalue weighted by Gasteiger charge is -2.14. The monoisotopic (exact) mass is 488 g/mol. The van der Waals surface area contributed by atoms with E-state index in [1.807, 2.05) is 18.3 Å². The van der Waals surface area contributed by atoms with Crippen LogP contribution >= 0.6 is 0 Å². The first kappa shape index (κ1) is 23.4. The van der Waals surface area contributed by atoms with E-state index in [2.05, 4.69) is 140 Å². The summed E-state index contributed by atoms with van der Waals surface area (Å²) in [7, 11) is 0. The minimum absolute atomic E-state index is 0.956. The van der Waals surface area contributed by atoms with Gasteiger partial charge < -0.3 is 5.32 Å². The van der Waals surface area contributed by atoms with Crippen molar-refractivity contribution in [2.24, 2.45) is 0 Å². The molecule has 0 aliphatic rings. The van der Waals surface area contributed by atoms with Crippen molar-refractivity contribution >= 4 is 11.4 Å². The van der Waals surface area contributed by atoms with Crippen molar-refractivity contribution in [3.63, 3.8) is 0 Å². The summed E-state index contributed by atoms with van der Waals surface area (Å²) in [4.78, 5) is 4.79. The molecule has 2 heteroatoms. The minimum Gasteiger partial charge on any atom is -0.355 e. The highest BCUT2D eigenvalue weighted by Crippen LogP contribution is 2.33. The number of nitrogens with zero attached hydrogens (tertiary/aromatic N) is 1. The van der Waals surface area contributed by atoms with E-state index in [-0.39, 0.29) is 0 Å². The number of aromatic nitrogens is 1. The van der Waals surface area contributed by atoms with Crippen LogP contribution in [0.5, 0.6) is 0 Å². The van der Waals surface area contributed by atoms with Gasteiger partial charge in [-0.05, 0) is 64.6 Å². The van der Waals surface area contributed by atoms with E-state index in [1.54, 1.807) is 0 Å². The van der Waals surface area contributed by atoms with Crippen LogP contribution in [0.3, 0.4) is 0 Å². The largest absolute Gasteiger partial charge is 0.355 e. The van der Waals surface area contributed by atoms with Crippen molar-refractivity contribution in [1.29, 1.82) is 0 Å². The second-order valence-electron chi connectivity index (χ2n) is 9.45. The van der Waals surface area contributed by atoms with Crippen LogP contribution in [-0.4, -0.2) is 4.98 Å². The molecule has 6 aromatic rings. The lowest BCUT2D eigenvalue weighted by atomic mass is 9.97. The Labute approximate surface area is 224 Å². The van der Waals surface area contributed by atoms with Crippen LogP contribution in [0.1, 0.15) is 5.56 Å². The number of hydrogen-bond acceptors (Lipinski definition) is 2. The maximum Gasteiger partial charge on any atom is 0.0709 e. The molecule has 1 aromatic heterocycles. The number of aryl methyl sites for hydroxylation is 1. The van der Waals surface area contributed by atoms with E-state index in [4.69, 9.17) is 4.98 Å². The summed E-state index contributed by atoms with van der Waals surface area (Å²) >= 11 is 0. The van der Waals surface area contributed by atoms with Gasteiger partial charge in [0.1, 0.15) is 0 Å². The van der Waals surface area contributed by atoms with E-state index in [0.717, 1.165) is 28.2 Å². The highest BCUT2D eigenvalue weighted by atomic mass is 14.9. The van der Waals surface area contributed by atoms with Crippen molar-refractivity contribution in [3.8, 4) is 44.6 Å². The molecule has 0 unspecified atom stereocenters. The fourth-order valence-corrected chi connectivity index (χ4v) is 4.84. The fourth-order valence-electron chi connectivity index (χ4n) is 4.84. The molecule has 0 aliphatic heterocycles. The predicted octanol–water partition coefficient (Wildman–Crippen LogP) is 9.80. The molecule has 38 heavy (non-hydrogen) atoms. The Bertz CT molecular complexity index is 1670. The Hall–Kier alpha value is -4.95. The van der Waals surface area contributed by atoms with Crippen LogP contribution in [0.2, 0.25) is 0 Å². The summed E-state index contributed by atoms with van der Waals surface area (Å²) < 4.78 is 0. The molecule has 0 amide bonds. The number of para-hydroxylation sites is 1. The fraction of sp³-hybridized carbons (Fsp3) is 0.0278. The third-order valence-corrected chi connectivity index (χ3v) is 6.86. The van der Waals surface area contributed by atoms with Crippen molar-refractivity contribution in [3.05, 3.63) is 151 Å². The van der Waals surface area contributed by atoms with Crippen molar-refractivity contribution < 1.29 is 0 Å². The van der Waals surface area contributed by atoms with Gasteiger partial charge in [0, 0.05) is 28.7 Å². The summed E-state index contributed by atoms with van der Waals surface area (Å²) in [5, 5.41) is 3.63. The van der Waals surface area contributed by atoms with E-state index in [1.165, 1.54) is 33.4 Å². The van der Waals surface area contributed by atoms with Crippen LogP contribution in [-0.2, 0) is 0 Å². The molecular weight excluding hydrogens is 460 g/mol. The average molecular weight is 489 g/mol. The third kappa shape index (κ3) is 4.98. The van der Waals surface area contributed by atoms with E-state index in [9.17, 15) is 0 Å². The van der Waals surface area contributed by atoms with Crippen molar-refractivity contribution in [2.45, 2.75) is 6.92 Å². The molecule has 0 saturated heterocycles. The zero-order valence-corrected chi connectivity index (χ0v) is 21.3. The SMILES string of the molecule is Cc1cnc(-c2cccc(Nc3ccccc3-c3ccccc3)c2)cc1-c1ccc(-c2ccccc2)cc1. The Kier molecular flexibility index (Phi) is 6.53. The van der Waals surface area contributed by atoms with E-state index >= 15 is 0 Å². The van der Waals surface area contributed by atoms with Gasteiger partial charge in [0.25, 0.3) is 0 Å². The lowest BCUT2D eigenvalue weighted by molar-refractivity contribution is 1.27. The lowest BCUT2D eigenvalue weighted by Crippen LogP contribution is -1.94. The number of rotatable bonds is 6. The summed E-state index contributed by atoms with van der Waals surface area (Å²) in [5.74, 6) is 0. The standard InChI is InChI=1S/C36H28N2/c1-26-25-37-36(24-34(26)30-21-19-28(20-22-30)27-11-4-2-5-12-27)31-15-10-16-32(23-31)38-35-18-9-8-17-33(35)29-13-6-3-7-14-29/h2-25,38H,1H3. The van der Waals surface area contributed by atoms with E-state index < -0.39 is 0 Å². The molecule has 0 saturated carbocycles. The molecule has 0 spiro atoms. The minimum atomic E-state index is 0.956. The quantitative estimate of drug-likeness (QED) is 0.252. The van der Waals surface area contributed by atoms with Crippen LogP contribution < -0.4 is 5.32 Å². The maximum atomic E-state index is 4.79. The first-order valence-electron chi connectivity index (χ1n) is 12.9. The topological polar surface area (TPSA) is 24.9 Å². The van der Waals surface area contributed by atoms with Gasteiger partial charge in [0.15, 0.2) is 0 Å². The highest BCUT2D eigenvalue weighted by molar-refractivity contribution is 5.82. The smallest absolute Gasteiger partial charge is 0.0709 e. The molecule has 2 nitrogen and oxygen atoms in total. The number of benzene rings is 5. The summed E-state index contributed by atoms with van der Waals surface area (Å²) in [6.07, 6.45) is 1.97. The zero-order valence-electron chi connectivity index (χ0n) is 21.3. The molecule has 0 bridgehead atoms. The Balaban J connectivity index is 1.30. The van der Waals surface area contributed by atoms with Crippen LogP contribution in [0, 0.1) is 6.92 Å². The molecule has 5 aromatic carbocycles. The molecule has 1 N–H and O–H groups in total. The normalized spacial score (nSPS) is 10.8. The predicted molar refractivity (Wildman–Crippen MR) is 160 cm³/mol. The summed E-state index contributed by atoms with van der Waals surface area (Å²) in [5.41, 5.74) is 12.5. The first-order valence-corrected chi connectivity index (χ1v) is 12.9. The number of pyridine rings is 1. The average Bonchev–Trinajstić information content (AvgIpc) is 2.99. The van der Waals surface area contributed by atoms with Gasteiger partial charge in [-0.1, -0.05) is 115 Å². The number of hydrogen-bond donors (Lipinski definition) is 1. The van der Waals surface area contributed by atoms with Crippen LogP contribution in [0.4, 0.5) is 11.4 Å². The first-order chi connectivity index (χ1) is 18.7. The molecule has 0 aliphatic carbocycles. The van der Waals surface area contributed by atoms with Gasteiger partial charge in [0.05, 0.1) is 5.69 Å².